The summed E-state index contributed by atoms with van der Waals surface area (Å²) in [5.41, 5.74) is 6.78. The monoisotopic (exact) mass is 284 g/mol. The molecule has 2 unspecified atom stereocenters. The molecule has 0 bridgehead atoms. The Morgan fingerprint density at radius 1 is 1.21 bits per heavy atom. The molecule has 0 heterocycles. The molecule has 1 aromatic carbocycles. The van der Waals surface area contributed by atoms with Crippen molar-refractivity contribution in [1.29, 1.82) is 0 Å². The molecule has 0 saturated carbocycles. The van der Waals surface area contributed by atoms with Crippen molar-refractivity contribution >= 4 is 10.0 Å². The van der Waals surface area contributed by atoms with Gasteiger partial charge in [-0.25, -0.2) is 13.1 Å². The molecule has 0 amide bonds. The third kappa shape index (κ3) is 4.03. The number of benzene rings is 1. The van der Waals surface area contributed by atoms with Gasteiger partial charge >= 0.3 is 0 Å². The second kappa shape index (κ2) is 6.50. The van der Waals surface area contributed by atoms with Crippen molar-refractivity contribution in [2.24, 2.45) is 5.73 Å². The van der Waals surface area contributed by atoms with E-state index >= 15 is 0 Å². The summed E-state index contributed by atoms with van der Waals surface area (Å²) in [7, 11) is -3.48. The average molecular weight is 284 g/mol. The fraction of sp³-hybridized carbons (Fsp3) is 0.571. The predicted molar refractivity (Wildman–Crippen MR) is 78.6 cm³/mol. The van der Waals surface area contributed by atoms with E-state index in [1.807, 2.05) is 39.8 Å². The van der Waals surface area contributed by atoms with E-state index in [1.165, 1.54) is 0 Å². The highest BCUT2D eigenvalue weighted by Crippen LogP contribution is 2.28. The summed E-state index contributed by atoms with van der Waals surface area (Å²) in [6, 6.07) is 6.88. The van der Waals surface area contributed by atoms with E-state index in [0.717, 1.165) is 12.0 Å². The van der Waals surface area contributed by atoms with Crippen molar-refractivity contribution in [1.82, 2.24) is 4.72 Å². The van der Waals surface area contributed by atoms with Crippen molar-refractivity contribution in [3.05, 3.63) is 29.8 Å². The van der Waals surface area contributed by atoms with Crippen molar-refractivity contribution in [2.75, 3.05) is 0 Å². The molecule has 2 atom stereocenters. The molecular formula is C14H24N2O2S. The summed E-state index contributed by atoms with van der Waals surface area (Å²) in [6.07, 6.45) is 0.811. The Balaban J connectivity index is 3.30. The van der Waals surface area contributed by atoms with Gasteiger partial charge < -0.3 is 5.73 Å². The number of rotatable bonds is 6. The molecule has 1 rings (SSSR count). The molecule has 0 aliphatic rings. The molecule has 108 valence electrons. The first kappa shape index (κ1) is 16.1. The molecule has 0 aromatic heterocycles. The zero-order valence-electron chi connectivity index (χ0n) is 12.1. The lowest BCUT2D eigenvalue weighted by Gasteiger charge is -2.23. The molecule has 19 heavy (non-hydrogen) atoms. The van der Waals surface area contributed by atoms with E-state index in [4.69, 9.17) is 5.73 Å². The second-order valence-corrected chi connectivity index (χ2v) is 6.87. The Labute approximate surface area is 116 Å². The van der Waals surface area contributed by atoms with E-state index < -0.39 is 10.0 Å². The van der Waals surface area contributed by atoms with Gasteiger partial charge in [0.15, 0.2) is 0 Å². The number of hydrogen-bond donors (Lipinski definition) is 2. The van der Waals surface area contributed by atoms with Crippen molar-refractivity contribution < 1.29 is 8.42 Å². The molecule has 0 aliphatic carbocycles. The van der Waals surface area contributed by atoms with Gasteiger partial charge in [-0.15, -0.1) is 0 Å². The fourth-order valence-electron chi connectivity index (χ4n) is 2.28. The maximum absolute atomic E-state index is 12.4. The Hall–Kier alpha value is -0.910. The first-order chi connectivity index (χ1) is 8.79. The molecule has 4 nitrogen and oxygen atoms in total. The highest BCUT2D eigenvalue weighted by Gasteiger charge is 2.24. The van der Waals surface area contributed by atoms with Crippen LogP contribution in [0.25, 0.3) is 0 Å². The summed E-state index contributed by atoms with van der Waals surface area (Å²) in [4.78, 5) is 0.341. The number of sulfonamides is 1. The number of nitrogens with one attached hydrogen (secondary N) is 1. The number of nitrogens with two attached hydrogens (primary N) is 1. The molecule has 0 saturated heterocycles. The molecule has 5 heteroatoms. The van der Waals surface area contributed by atoms with E-state index in [-0.39, 0.29) is 18.0 Å². The third-order valence-corrected chi connectivity index (χ3v) is 4.81. The van der Waals surface area contributed by atoms with Crippen LogP contribution in [0.1, 0.15) is 45.6 Å². The summed E-state index contributed by atoms with van der Waals surface area (Å²) in [5, 5.41) is 0. The van der Waals surface area contributed by atoms with Crippen LogP contribution in [-0.2, 0) is 10.0 Å². The van der Waals surface area contributed by atoms with Crippen molar-refractivity contribution in [3.8, 4) is 0 Å². The third-order valence-electron chi connectivity index (χ3n) is 3.07. The van der Waals surface area contributed by atoms with Gasteiger partial charge in [-0.1, -0.05) is 25.1 Å². The van der Waals surface area contributed by atoms with Gasteiger partial charge in [0.05, 0.1) is 4.90 Å². The zero-order chi connectivity index (χ0) is 14.6. The summed E-state index contributed by atoms with van der Waals surface area (Å²) < 4.78 is 27.3. The lowest BCUT2D eigenvalue weighted by molar-refractivity contribution is 0.535. The van der Waals surface area contributed by atoms with Gasteiger partial charge in [0.1, 0.15) is 0 Å². The molecule has 0 fully saturated rings. The fourth-order valence-corrected chi connectivity index (χ4v) is 3.82. The van der Waals surface area contributed by atoms with Gasteiger partial charge in [-0.05, 0) is 44.7 Å². The van der Waals surface area contributed by atoms with Crippen molar-refractivity contribution in [2.45, 2.75) is 57.0 Å². The van der Waals surface area contributed by atoms with Crippen LogP contribution in [0, 0.1) is 0 Å². The first-order valence-corrected chi connectivity index (χ1v) is 8.14. The number of hydrogen-bond acceptors (Lipinski definition) is 3. The smallest absolute Gasteiger partial charge is 0.241 e. The largest absolute Gasteiger partial charge is 0.327 e. The molecule has 1 aromatic rings. The van der Waals surface area contributed by atoms with Crippen LogP contribution in [0.4, 0.5) is 0 Å². The summed E-state index contributed by atoms with van der Waals surface area (Å²) in [6.45, 7) is 7.55. The van der Waals surface area contributed by atoms with Crippen LogP contribution in [0.15, 0.2) is 29.2 Å². The Morgan fingerprint density at radius 3 is 2.26 bits per heavy atom. The maximum atomic E-state index is 12.4. The second-order valence-electron chi connectivity index (χ2n) is 5.19. The Morgan fingerprint density at radius 2 is 1.79 bits per heavy atom. The minimum absolute atomic E-state index is 0.0416. The van der Waals surface area contributed by atoms with Gasteiger partial charge in [0.2, 0.25) is 10.0 Å². The molecule has 0 aliphatic heterocycles. The van der Waals surface area contributed by atoms with E-state index in [0.29, 0.717) is 4.90 Å². The molecule has 0 spiro atoms. The van der Waals surface area contributed by atoms with Gasteiger partial charge in [0, 0.05) is 12.1 Å². The highest BCUT2D eigenvalue weighted by atomic mass is 32.2. The van der Waals surface area contributed by atoms with Crippen LogP contribution in [0.5, 0.6) is 0 Å². The first-order valence-electron chi connectivity index (χ1n) is 6.66. The minimum Gasteiger partial charge on any atom is -0.327 e. The Kier molecular flexibility index (Phi) is 5.52. The predicted octanol–water partition coefficient (Wildman–Crippen LogP) is 2.21. The van der Waals surface area contributed by atoms with Crippen LogP contribution in [0.3, 0.4) is 0 Å². The molecular weight excluding hydrogens is 260 g/mol. The lowest BCUT2D eigenvalue weighted by atomic mass is 9.90. The van der Waals surface area contributed by atoms with E-state index in [9.17, 15) is 8.42 Å². The summed E-state index contributed by atoms with van der Waals surface area (Å²) >= 11 is 0. The van der Waals surface area contributed by atoms with Crippen LogP contribution in [0.2, 0.25) is 0 Å². The average Bonchev–Trinajstić information content (AvgIpc) is 2.28. The van der Waals surface area contributed by atoms with E-state index in [2.05, 4.69) is 4.72 Å². The van der Waals surface area contributed by atoms with Gasteiger partial charge in [0.25, 0.3) is 0 Å². The highest BCUT2D eigenvalue weighted by molar-refractivity contribution is 7.89. The van der Waals surface area contributed by atoms with Crippen LogP contribution < -0.4 is 10.5 Å². The quantitative estimate of drug-likeness (QED) is 0.841. The molecule has 0 radical (unpaired) electrons. The van der Waals surface area contributed by atoms with Gasteiger partial charge in [-0.3, -0.25) is 0 Å². The Bertz CT molecular complexity index is 510. The normalized spacial score (nSPS) is 15.5. The minimum atomic E-state index is -3.48. The molecule has 3 N–H and O–H groups in total. The lowest BCUT2D eigenvalue weighted by Crippen LogP contribution is -2.32. The zero-order valence-corrected chi connectivity index (χ0v) is 12.9. The maximum Gasteiger partial charge on any atom is 0.241 e. The van der Waals surface area contributed by atoms with Gasteiger partial charge in [-0.2, -0.15) is 0 Å². The van der Waals surface area contributed by atoms with Crippen molar-refractivity contribution in [3.63, 3.8) is 0 Å². The topological polar surface area (TPSA) is 72.2 Å². The summed E-state index contributed by atoms with van der Waals surface area (Å²) in [5.74, 6) is 0.0416. The SMILES string of the molecule is CCC(c1ccccc1S(=O)(=O)NC(C)C)C(C)N. The van der Waals surface area contributed by atoms with Crippen LogP contribution >= 0.6 is 0 Å². The standard InChI is InChI=1S/C14H24N2O2S/c1-5-12(11(4)15)13-8-6-7-9-14(13)19(17,18)16-10(2)3/h6-12,16H,5,15H2,1-4H3. The van der Waals surface area contributed by atoms with Crippen LogP contribution in [-0.4, -0.2) is 20.5 Å². The van der Waals surface area contributed by atoms with E-state index in [1.54, 1.807) is 12.1 Å².